The van der Waals surface area contributed by atoms with E-state index in [2.05, 4.69) is 16.0 Å². The first-order chi connectivity index (χ1) is 8.30. The van der Waals surface area contributed by atoms with Crippen LogP contribution in [-0.2, 0) is 10.0 Å². The van der Waals surface area contributed by atoms with Crippen molar-refractivity contribution in [3.63, 3.8) is 0 Å². The summed E-state index contributed by atoms with van der Waals surface area (Å²) in [7, 11) is -3.39. The van der Waals surface area contributed by atoms with Gasteiger partial charge in [-0.2, -0.15) is 0 Å². The van der Waals surface area contributed by atoms with E-state index in [1.54, 1.807) is 31.2 Å². The molecular formula is C13H18N2O2S. The zero-order chi connectivity index (χ0) is 13.8. The van der Waals surface area contributed by atoms with Gasteiger partial charge < -0.3 is 5.32 Å². The average Bonchev–Trinajstić information content (AvgIpc) is 2.29. The van der Waals surface area contributed by atoms with Gasteiger partial charge in [-0.05, 0) is 38.1 Å². The Balaban J connectivity index is 2.91. The van der Waals surface area contributed by atoms with Crippen molar-refractivity contribution in [2.75, 3.05) is 11.9 Å². The second-order valence-corrected chi connectivity index (χ2v) is 6.19. The molecule has 2 N–H and O–H groups in total. The van der Waals surface area contributed by atoms with Gasteiger partial charge in [0.1, 0.15) is 0 Å². The van der Waals surface area contributed by atoms with Crippen LogP contribution in [0.1, 0.15) is 20.8 Å². The fourth-order valence-corrected chi connectivity index (χ4v) is 2.43. The van der Waals surface area contributed by atoms with Crippen molar-refractivity contribution in [3.8, 4) is 12.3 Å². The molecule has 0 saturated heterocycles. The molecule has 0 atom stereocenters. The van der Waals surface area contributed by atoms with E-state index in [0.717, 1.165) is 5.69 Å². The largest absolute Gasteiger partial charge is 0.370 e. The van der Waals surface area contributed by atoms with Gasteiger partial charge in [-0.1, -0.05) is 12.8 Å². The normalized spacial score (nSPS) is 11.9. The minimum atomic E-state index is -3.39. The molecule has 0 aliphatic rings. The third-order valence-electron chi connectivity index (χ3n) is 2.32. The molecule has 18 heavy (non-hydrogen) atoms. The summed E-state index contributed by atoms with van der Waals surface area (Å²) in [6.07, 6.45) is 5.37. The lowest BCUT2D eigenvalue weighted by Gasteiger charge is -2.21. The molecule has 0 aromatic heterocycles. The molecule has 0 saturated carbocycles. The van der Waals surface area contributed by atoms with Crippen molar-refractivity contribution in [2.45, 2.75) is 31.2 Å². The first kappa shape index (κ1) is 14.6. The van der Waals surface area contributed by atoms with E-state index >= 15 is 0 Å². The topological polar surface area (TPSA) is 58.2 Å². The predicted molar refractivity (Wildman–Crippen MR) is 73.8 cm³/mol. The van der Waals surface area contributed by atoms with Crippen LogP contribution in [0.4, 0.5) is 5.69 Å². The Bertz CT molecular complexity index is 539. The zero-order valence-corrected chi connectivity index (χ0v) is 11.6. The Morgan fingerprint density at radius 1 is 1.28 bits per heavy atom. The lowest BCUT2D eigenvalue weighted by atomic mass is 10.1. The van der Waals surface area contributed by atoms with Crippen LogP contribution in [0, 0.1) is 12.3 Å². The lowest BCUT2D eigenvalue weighted by molar-refractivity contribution is 0.584. The highest BCUT2D eigenvalue weighted by Crippen LogP contribution is 2.17. The summed E-state index contributed by atoms with van der Waals surface area (Å²) >= 11 is 0. The molecule has 1 aromatic rings. The van der Waals surface area contributed by atoms with Crippen LogP contribution in [0.25, 0.3) is 0 Å². The van der Waals surface area contributed by atoms with Crippen LogP contribution in [0.3, 0.4) is 0 Å². The SMILES string of the molecule is C#CC(C)(C)Nc1ccc(S(=O)(=O)NCC)cc1. The molecule has 0 radical (unpaired) electrons. The third-order valence-corrected chi connectivity index (χ3v) is 3.88. The van der Waals surface area contributed by atoms with E-state index in [1.807, 2.05) is 13.8 Å². The van der Waals surface area contributed by atoms with Gasteiger partial charge >= 0.3 is 0 Å². The van der Waals surface area contributed by atoms with Gasteiger partial charge in [0.15, 0.2) is 0 Å². The van der Waals surface area contributed by atoms with Crippen molar-refractivity contribution in [1.29, 1.82) is 0 Å². The Morgan fingerprint density at radius 2 is 1.83 bits per heavy atom. The first-order valence-electron chi connectivity index (χ1n) is 5.66. The fourth-order valence-electron chi connectivity index (χ4n) is 1.39. The maximum atomic E-state index is 11.7. The van der Waals surface area contributed by atoms with Gasteiger partial charge in [-0.3, -0.25) is 0 Å². The molecule has 1 rings (SSSR count). The highest BCUT2D eigenvalue weighted by Gasteiger charge is 2.15. The quantitative estimate of drug-likeness (QED) is 0.799. The molecule has 5 heteroatoms. The Morgan fingerprint density at radius 3 is 2.28 bits per heavy atom. The molecule has 0 spiro atoms. The van der Waals surface area contributed by atoms with Gasteiger partial charge in [-0.25, -0.2) is 13.1 Å². The Kier molecular flexibility index (Phi) is 4.38. The van der Waals surface area contributed by atoms with Gasteiger partial charge in [0.05, 0.1) is 10.4 Å². The average molecular weight is 266 g/mol. The number of terminal acetylenes is 1. The van der Waals surface area contributed by atoms with Gasteiger partial charge in [0.2, 0.25) is 10.0 Å². The minimum absolute atomic E-state index is 0.244. The van der Waals surface area contributed by atoms with Crippen LogP contribution >= 0.6 is 0 Å². The van der Waals surface area contributed by atoms with Crippen molar-refractivity contribution < 1.29 is 8.42 Å². The number of hydrogen-bond donors (Lipinski definition) is 2. The molecule has 0 aliphatic heterocycles. The second kappa shape index (κ2) is 5.42. The van der Waals surface area contributed by atoms with Crippen molar-refractivity contribution >= 4 is 15.7 Å². The van der Waals surface area contributed by atoms with Crippen molar-refractivity contribution in [2.24, 2.45) is 0 Å². The summed E-state index contributed by atoms with van der Waals surface area (Å²) in [4.78, 5) is 0.244. The summed E-state index contributed by atoms with van der Waals surface area (Å²) in [6, 6.07) is 6.49. The maximum absolute atomic E-state index is 11.7. The molecule has 1 aromatic carbocycles. The smallest absolute Gasteiger partial charge is 0.240 e. The second-order valence-electron chi connectivity index (χ2n) is 4.42. The van der Waals surface area contributed by atoms with Gasteiger partial charge in [-0.15, -0.1) is 6.42 Å². The van der Waals surface area contributed by atoms with Crippen molar-refractivity contribution in [1.82, 2.24) is 4.72 Å². The number of hydrogen-bond acceptors (Lipinski definition) is 3. The molecule has 0 amide bonds. The van der Waals surface area contributed by atoms with Gasteiger partial charge in [0, 0.05) is 12.2 Å². The van der Waals surface area contributed by atoms with E-state index in [0.29, 0.717) is 6.54 Å². The highest BCUT2D eigenvalue weighted by molar-refractivity contribution is 7.89. The van der Waals surface area contributed by atoms with E-state index < -0.39 is 15.6 Å². The minimum Gasteiger partial charge on any atom is -0.370 e. The van der Waals surface area contributed by atoms with E-state index in [1.165, 1.54) is 0 Å². The summed E-state index contributed by atoms with van der Waals surface area (Å²) in [5.74, 6) is 2.61. The number of anilines is 1. The van der Waals surface area contributed by atoms with Crippen LogP contribution < -0.4 is 10.0 Å². The molecular weight excluding hydrogens is 248 g/mol. The standard InChI is InChI=1S/C13H18N2O2S/c1-5-13(3,4)15-11-7-9-12(10-8-11)18(16,17)14-6-2/h1,7-10,14-15H,6H2,2-4H3. The van der Waals surface area contributed by atoms with Crippen molar-refractivity contribution in [3.05, 3.63) is 24.3 Å². The lowest BCUT2D eigenvalue weighted by Crippen LogP contribution is -2.28. The monoisotopic (exact) mass is 266 g/mol. The van der Waals surface area contributed by atoms with E-state index in [4.69, 9.17) is 6.42 Å². The molecule has 4 nitrogen and oxygen atoms in total. The first-order valence-corrected chi connectivity index (χ1v) is 7.15. The summed E-state index contributed by atoms with van der Waals surface area (Å²) < 4.78 is 25.9. The molecule has 0 heterocycles. The molecule has 0 aliphatic carbocycles. The Hall–Kier alpha value is -1.51. The molecule has 0 fully saturated rings. The number of sulfonamides is 1. The van der Waals surface area contributed by atoms with Crippen LogP contribution in [0.2, 0.25) is 0 Å². The van der Waals surface area contributed by atoms with Crippen LogP contribution in [0.5, 0.6) is 0 Å². The molecule has 98 valence electrons. The van der Waals surface area contributed by atoms with Crippen LogP contribution in [0.15, 0.2) is 29.2 Å². The van der Waals surface area contributed by atoms with Gasteiger partial charge in [0.25, 0.3) is 0 Å². The molecule has 0 bridgehead atoms. The van der Waals surface area contributed by atoms with E-state index in [9.17, 15) is 8.42 Å². The summed E-state index contributed by atoms with van der Waals surface area (Å²) in [5.41, 5.74) is 0.315. The highest BCUT2D eigenvalue weighted by atomic mass is 32.2. The number of nitrogens with one attached hydrogen (secondary N) is 2. The Labute approximate surface area is 109 Å². The fraction of sp³-hybridized carbons (Fsp3) is 0.385. The zero-order valence-electron chi connectivity index (χ0n) is 10.8. The maximum Gasteiger partial charge on any atom is 0.240 e. The van der Waals surface area contributed by atoms with E-state index in [-0.39, 0.29) is 4.90 Å². The third kappa shape index (κ3) is 3.76. The summed E-state index contributed by atoms with van der Waals surface area (Å²) in [5, 5.41) is 3.13. The number of benzene rings is 1. The van der Waals surface area contributed by atoms with Crippen LogP contribution in [-0.4, -0.2) is 20.5 Å². The molecule has 0 unspecified atom stereocenters. The predicted octanol–water partition coefficient (Wildman–Crippen LogP) is 1.81. The number of rotatable bonds is 5. The summed E-state index contributed by atoms with van der Waals surface area (Å²) in [6.45, 7) is 5.85.